The number of nitriles is 1. The molecule has 0 radical (unpaired) electrons. The van der Waals surface area contributed by atoms with Crippen molar-refractivity contribution < 1.29 is 23.0 Å². The molecule has 0 aliphatic heterocycles. The van der Waals surface area contributed by atoms with Gasteiger partial charge in [-0.1, -0.05) is 6.07 Å². The molecule has 1 fully saturated rings. The van der Waals surface area contributed by atoms with Crippen LogP contribution in [0, 0.1) is 11.3 Å². The van der Waals surface area contributed by atoms with Crippen LogP contribution in [0.4, 0.5) is 13.2 Å². The van der Waals surface area contributed by atoms with Crippen molar-refractivity contribution in [2.75, 3.05) is 6.54 Å². The number of aromatic nitrogens is 3. The quantitative estimate of drug-likeness (QED) is 0.570. The van der Waals surface area contributed by atoms with Gasteiger partial charge in [0.25, 0.3) is 0 Å². The summed E-state index contributed by atoms with van der Waals surface area (Å²) in [7, 11) is 0. The van der Waals surface area contributed by atoms with Crippen molar-refractivity contribution in [2.24, 2.45) is 5.73 Å². The van der Waals surface area contributed by atoms with E-state index in [1.165, 1.54) is 18.3 Å². The van der Waals surface area contributed by atoms with E-state index >= 15 is 0 Å². The fraction of sp³-hybridized carbons (Fsp3) is 0.318. The van der Waals surface area contributed by atoms with E-state index in [0.717, 1.165) is 17.5 Å². The van der Waals surface area contributed by atoms with Crippen molar-refractivity contribution in [3.05, 3.63) is 59.4 Å². The average molecular weight is 443 g/mol. The van der Waals surface area contributed by atoms with Crippen molar-refractivity contribution in [3.63, 3.8) is 0 Å². The molecule has 4 rings (SSSR count). The number of aliphatic hydroxyl groups excluding tert-OH is 1. The molecule has 7 nitrogen and oxygen atoms in total. The number of rotatable bonds is 7. The fourth-order valence-corrected chi connectivity index (χ4v) is 3.26. The highest BCUT2D eigenvalue weighted by atomic mass is 19.4. The fourth-order valence-electron chi connectivity index (χ4n) is 3.26. The van der Waals surface area contributed by atoms with Gasteiger partial charge in [0.15, 0.2) is 0 Å². The van der Waals surface area contributed by atoms with Gasteiger partial charge >= 0.3 is 6.18 Å². The van der Waals surface area contributed by atoms with Crippen LogP contribution in [0.2, 0.25) is 0 Å². The van der Waals surface area contributed by atoms with Crippen LogP contribution < -0.4 is 10.5 Å². The van der Waals surface area contributed by atoms with Gasteiger partial charge in [-0.3, -0.25) is 4.98 Å². The summed E-state index contributed by atoms with van der Waals surface area (Å²) in [5.74, 6) is 0.255. The zero-order chi connectivity index (χ0) is 22.9. The van der Waals surface area contributed by atoms with Crippen LogP contribution in [-0.2, 0) is 6.54 Å². The first-order valence-electron chi connectivity index (χ1n) is 9.98. The minimum atomic E-state index is -4.47. The molecule has 10 heteroatoms. The zero-order valence-electron chi connectivity index (χ0n) is 16.9. The van der Waals surface area contributed by atoms with Crippen molar-refractivity contribution >= 4 is 0 Å². The van der Waals surface area contributed by atoms with Gasteiger partial charge in [0.2, 0.25) is 5.88 Å². The summed E-state index contributed by atoms with van der Waals surface area (Å²) in [6.07, 6.45) is -2.10. The van der Waals surface area contributed by atoms with E-state index in [1.807, 2.05) is 6.07 Å². The highest BCUT2D eigenvalue weighted by Gasteiger charge is 2.33. The van der Waals surface area contributed by atoms with Gasteiger partial charge in [0, 0.05) is 35.9 Å². The Kier molecular flexibility index (Phi) is 5.86. The number of aliphatic hydroxyl groups is 1. The van der Waals surface area contributed by atoms with Gasteiger partial charge in [-0.25, -0.2) is 4.68 Å². The predicted molar refractivity (Wildman–Crippen MR) is 109 cm³/mol. The number of alkyl halides is 3. The predicted octanol–water partition coefficient (Wildman–Crippen LogP) is 4.04. The largest absolute Gasteiger partial charge is 0.439 e. The Balaban J connectivity index is 1.72. The van der Waals surface area contributed by atoms with E-state index in [9.17, 15) is 23.5 Å². The smallest absolute Gasteiger partial charge is 0.408 e. The molecule has 1 aromatic carbocycles. The molecule has 1 aliphatic carbocycles. The van der Waals surface area contributed by atoms with Crippen molar-refractivity contribution in [1.29, 1.82) is 5.26 Å². The third-order valence-electron chi connectivity index (χ3n) is 5.08. The minimum Gasteiger partial charge on any atom is -0.439 e. The van der Waals surface area contributed by atoms with E-state index in [1.54, 1.807) is 24.3 Å². The summed E-state index contributed by atoms with van der Waals surface area (Å²) in [4.78, 5) is 4.32. The van der Waals surface area contributed by atoms with Crippen LogP contribution in [-0.4, -0.2) is 32.6 Å². The van der Waals surface area contributed by atoms with Crippen LogP contribution in [0.1, 0.15) is 41.7 Å². The Morgan fingerprint density at radius 3 is 2.62 bits per heavy atom. The highest BCUT2D eigenvalue weighted by molar-refractivity contribution is 5.69. The number of benzene rings is 1. The standard InChI is InChI=1S/C22H20F3N5O2/c23-22(24,25)12-30-21(8-18(29-30)14-2-3-14)32-20-7-13(9-26)1-5-16(20)17-6-4-15(11-28-17)19(31)10-27/h1,4-8,11,14,19,31H,2-3,10,12,27H2. The molecule has 3 aromatic rings. The molecule has 0 saturated heterocycles. The topological polar surface area (TPSA) is 110 Å². The summed E-state index contributed by atoms with van der Waals surface area (Å²) < 4.78 is 45.9. The van der Waals surface area contributed by atoms with Crippen LogP contribution in [0.5, 0.6) is 11.6 Å². The number of nitrogens with two attached hydrogens (primary N) is 1. The Bertz CT molecular complexity index is 1150. The maximum Gasteiger partial charge on any atom is 0.408 e. The van der Waals surface area contributed by atoms with Crippen LogP contribution in [0.3, 0.4) is 0 Å². The first kappa shape index (κ1) is 21.8. The highest BCUT2D eigenvalue weighted by Crippen LogP contribution is 2.42. The summed E-state index contributed by atoms with van der Waals surface area (Å²) in [6.45, 7) is -1.25. The molecule has 0 bridgehead atoms. The monoisotopic (exact) mass is 443 g/mol. The molecule has 2 aromatic heterocycles. The summed E-state index contributed by atoms with van der Waals surface area (Å²) in [5, 5.41) is 23.2. The van der Waals surface area contributed by atoms with Gasteiger partial charge in [0.05, 0.1) is 29.1 Å². The number of hydrogen-bond donors (Lipinski definition) is 2. The summed E-state index contributed by atoms with van der Waals surface area (Å²) in [6, 6.07) is 11.4. The van der Waals surface area contributed by atoms with Crippen LogP contribution in [0.25, 0.3) is 11.3 Å². The molecule has 1 unspecified atom stereocenters. The number of pyridine rings is 1. The molecule has 0 spiro atoms. The first-order chi connectivity index (χ1) is 15.3. The van der Waals surface area contributed by atoms with E-state index < -0.39 is 18.8 Å². The normalized spacial score (nSPS) is 14.8. The minimum absolute atomic E-state index is 0.0405. The lowest BCUT2D eigenvalue weighted by Gasteiger charge is -2.14. The van der Waals surface area contributed by atoms with Gasteiger partial charge in [-0.05, 0) is 37.1 Å². The molecule has 2 heterocycles. The number of ether oxygens (including phenoxy) is 1. The molecule has 1 atom stereocenters. The number of halogens is 3. The Morgan fingerprint density at radius 2 is 2.03 bits per heavy atom. The third-order valence-corrected chi connectivity index (χ3v) is 5.08. The Morgan fingerprint density at radius 1 is 1.25 bits per heavy atom. The van der Waals surface area contributed by atoms with Gasteiger partial charge in [0.1, 0.15) is 12.3 Å². The molecule has 1 aliphatic rings. The lowest BCUT2D eigenvalue weighted by Crippen LogP contribution is -2.19. The zero-order valence-corrected chi connectivity index (χ0v) is 16.9. The average Bonchev–Trinajstić information content (AvgIpc) is 3.55. The lowest BCUT2D eigenvalue weighted by atomic mass is 10.1. The molecule has 32 heavy (non-hydrogen) atoms. The maximum atomic E-state index is 13.1. The molecular weight excluding hydrogens is 423 g/mol. The van der Waals surface area contributed by atoms with Gasteiger partial charge < -0.3 is 15.6 Å². The van der Waals surface area contributed by atoms with Gasteiger partial charge in [-0.2, -0.15) is 23.5 Å². The van der Waals surface area contributed by atoms with Crippen molar-refractivity contribution in [1.82, 2.24) is 14.8 Å². The second-order valence-electron chi connectivity index (χ2n) is 7.61. The number of hydrogen-bond acceptors (Lipinski definition) is 6. The Hall–Kier alpha value is -3.42. The number of nitrogens with zero attached hydrogens (tertiary/aromatic N) is 4. The van der Waals surface area contributed by atoms with E-state index in [0.29, 0.717) is 22.5 Å². The van der Waals surface area contributed by atoms with Crippen molar-refractivity contribution in [3.8, 4) is 29.0 Å². The second-order valence-corrected chi connectivity index (χ2v) is 7.61. The van der Waals surface area contributed by atoms with Crippen LogP contribution >= 0.6 is 0 Å². The lowest BCUT2D eigenvalue weighted by molar-refractivity contribution is -0.143. The molecule has 3 N–H and O–H groups in total. The van der Waals surface area contributed by atoms with Crippen LogP contribution in [0.15, 0.2) is 42.6 Å². The van der Waals surface area contributed by atoms with E-state index in [4.69, 9.17) is 10.5 Å². The van der Waals surface area contributed by atoms with E-state index in [-0.39, 0.29) is 29.7 Å². The SMILES string of the molecule is N#Cc1ccc(-c2ccc(C(O)CN)cn2)c(Oc2cc(C3CC3)nn2CC(F)(F)F)c1. The summed E-state index contributed by atoms with van der Waals surface area (Å²) in [5.41, 5.74) is 7.77. The second kappa shape index (κ2) is 8.61. The summed E-state index contributed by atoms with van der Waals surface area (Å²) >= 11 is 0. The molecule has 0 amide bonds. The third kappa shape index (κ3) is 4.90. The van der Waals surface area contributed by atoms with Crippen molar-refractivity contribution in [2.45, 2.75) is 37.6 Å². The first-order valence-corrected chi connectivity index (χ1v) is 9.98. The van der Waals surface area contributed by atoms with Gasteiger partial charge in [-0.15, -0.1) is 0 Å². The Labute approximate surface area is 181 Å². The maximum absolute atomic E-state index is 13.1. The van der Waals surface area contributed by atoms with E-state index in [2.05, 4.69) is 10.1 Å². The molecular formula is C22H20F3N5O2. The molecule has 1 saturated carbocycles. The molecule has 166 valence electrons.